The second-order valence-electron chi connectivity index (χ2n) is 3.43. The van der Waals surface area contributed by atoms with Gasteiger partial charge in [0.15, 0.2) is 0 Å². The number of hydrogen-bond acceptors (Lipinski definition) is 2. The molecule has 1 rings (SSSR count). The zero-order valence-corrected chi connectivity index (χ0v) is 9.95. The molecule has 0 radical (unpaired) electrons. The number of benzene rings is 1. The van der Waals surface area contributed by atoms with Crippen LogP contribution in [-0.4, -0.2) is 18.5 Å². The molecule has 0 aliphatic carbocycles. The fourth-order valence-electron chi connectivity index (χ4n) is 1.26. The van der Waals surface area contributed by atoms with Crippen LogP contribution in [0.4, 0.5) is 0 Å². The van der Waals surface area contributed by atoms with Crippen molar-refractivity contribution >= 4 is 15.1 Å². The molecule has 0 bridgehead atoms. The van der Waals surface area contributed by atoms with E-state index in [1.807, 2.05) is 24.3 Å². The molecule has 0 fully saturated rings. The minimum Gasteiger partial charge on any atom is -0.384 e. The van der Waals surface area contributed by atoms with E-state index in [9.17, 15) is 0 Å². The molecule has 0 aliphatic heterocycles. The first-order chi connectivity index (χ1) is 7.24. The van der Waals surface area contributed by atoms with E-state index in [4.69, 9.17) is 11.1 Å². The van der Waals surface area contributed by atoms with Gasteiger partial charge >= 0.3 is 0 Å². The van der Waals surface area contributed by atoms with Gasteiger partial charge in [0, 0.05) is 12.1 Å². The van der Waals surface area contributed by atoms with Gasteiger partial charge in [0.2, 0.25) is 0 Å². The van der Waals surface area contributed by atoms with Crippen LogP contribution in [-0.2, 0) is 6.54 Å². The first-order valence-electron chi connectivity index (χ1n) is 5.08. The lowest BCUT2D eigenvalue weighted by Gasteiger charge is -2.04. The Morgan fingerprint density at radius 2 is 2.00 bits per heavy atom. The monoisotopic (exact) mass is 223 g/mol. The summed E-state index contributed by atoms with van der Waals surface area (Å²) in [4.78, 5) is 0. The normalized spacial score (nSPS) is 10.2. The molecule has 1 atom stereocenters. The summed E-state index contributed by atoms with van der Waals surface area (Å²) in [5, 5.41) is 10.6. The average Bonchev–Trinajstić information content (AvgIpc) is 2.25. The highest BCUT2D eigenvalue weighted by atomic mass is 31.0. The molecule has 0 aliphatic rings. The highest BCUT2D eigenvalue weighted by Crippen LogP contribution is 2.03. The van der Waals surface area contributed by atoms with E-state index in [-0.39, 0.29) is 5.84 Å². The molecule has 1 aromatic rings. The van der Waals surface area contributed by atoms with Crippen LogP contribution < -0.4 is 11.1 Å². The van der Waals surface area contributed by atoms with Crippen LogP contribution in [0.5, 0.6) is 0 Å². The van der Waals surface area contributed by atoms with E-state index in [0.717, 1.165) is 24.8 Å². The fraction of sp³-hybridized carbons (Fsp3) is 0.364. The molecule has 4 heteroatoms. The Bertz CT molecular complexity index is 308. The van der Waals surface area contributed by atoms with Gasteiger partial charge in [-0.3, -0.25) is 5.41 Å². The Labute approximate surface area is 93.2 Å². The molecule has 0 amide bonds. The zero-order chi connectivity index (χ0) is 11.1. The SMILES string of the molecule is N=C(N)c1ccc(CNCCCP)cc1. The topological polar surface area (TPSA) is 61.9 Å². The maximum atomic E-state index is 7.26. The molecule has 1 aromatic carbocycles. The van der Waals surface area contributed by atoms with E-state index in [2.05, 4.69) is 14.6 Å². The van der Waals surface area contributed by atoms with Crippen molar-refractivity contribution in [1.82, 2.24) is 5.32 Å². The standard InChI is InChI=1S/C11H18N3P/c12-11(13)10-4-2-9(3-5-10)8-14-6-1-7-15/h2-5,14H,1,6-8,15H2,(H3,12,13). The lowest BCUT2D eigenvalue weighted by molar-refractivity contribution is 0.679. The molecule has 82 valence electrons. The van der Waals surface area contributed by atoms with Crippen molar-refractivity contribution in [2.75, 3.05) is 12.7 Å². The summed E-state index contributed by atoms with van der Waals surface area (Å²) in [6, 6.07) is 7.78. The Balaban J connectivity index is 2.39. The Kier molecular flexibility index (Phi) is 5.30. The number of nitrogens with one attached hydrogen (secondary N) is 2. The fourth-order valence-corrected chi connectivity index (χ4v) is 1.47. The van der Waals surface area contributed by atoms with Gasteiger partial charge in [0.05, 0.1) is 0 Å². The van der Waals surface area contributed by atoms with E-state index >= 15 is 0 Å². The van der Waals surface area contributed by atoms with Gasteiger partial charge in [-0.2, -0.15) is 0 Å². The largest absolute Gasteiger partial charge is 0.384 e. The third kappa shape index (κ3) is 4.41. The minimum absolute atomic E-state index is 0.123. The van der Waals surface area contributed by atoms with Crippen molar-refractivity contribution in [3.8, 4) is 0 Å². The van der Waals surface area contributed by atoms with Crippen molar-refractivity contribution in [3.63, 3.8) is 0 Å². The van der Waals surface area contributed by atoms with Crippen LogP contribution in [0.25, 0.3) is 0 Å². The van der Waals surface area contributed by atoms with Gasteiger partial charge in [0.25, 0.3) is 0 Å². The summed E-state index contributed by atoms with van der Waals surface area (Å²) in [7, 11) is 2.72. The van der Waals surface area contributed by atoms with Crippen molar-refractivity contribution in [3.05, 3.63) is 35.4 Å². The van der Waals surface area contributed by atoms with E-state index in [1.54, 1.807) is 0 Å². The molecular weight excluding hydrogens is 205 g/mol. The van der Waals surface area contributed by atoms with Gasteiger partial charge in [-0.1, -0.05) is 24.3 Å². The highest BCUT2D eigenvalue weighted by molar-refractivity contribution is 7.16. The quantitative estimate of drug-likeness (QED) is 0.295. The Morgan fingerprint density at radius 3 is 2.53 bits per heavy atom. The van der Waals surface area contributed by atoms with Crippen LogP contribution in [0.3, 0.4) is 0 Å². The summed E-state index contributed by atoms with van der Waals surface area (Å²) < 4.78 is 0. The predicted octanol–water partition coefficient (Wildman–Crippen LogP) is 1.33. The summed E-state index contributed by atoms with van der Waals surface area (Å²) in [6.45, 7) is 1.92. The first-order valence-corrected chi connectivity index (χ1v) is 5.90. The van der Waals surface area contributed by atoms with Gasteiger partial charge in [-0.25, -0.2) is 0 Å². The van der Waals surface area contributed by atoms with Crippen molar-refractivity contribution in [2.45, 2.75) is 13.0 Å². The third-order valence-corrected chi connectivity index (χ3v) is 2.56. The van der Waals surface area contributed by atoms with Gasteiger partial charge in [-0.15, -0.1) is 9.24 Å². The maximum Gasteiger partial charge on any atom is 0.122 e. The second-order valence-corrected chi connectivity index (χ2v) is 4.01. The molecule has 1 unspecified atom stereocenters. The van der Waals surface area contributed by atoms with Crippen molar-refractivity contribution in [1.29, 1.82) is 5.41 Å². The van der Waals surface area contributed by atoms with Crippen molar-refractivity contribution < 1.29 is 0 Å². The third-order valence-electron chi connectivity index (χ3n) is 2.15. The Hall–Kier alpha value is -0.920. The number of hydrogen-bond donors (Lipinski definition) is 3. The van der Waals surface area contributed by atoms with Crippen LogP contribution in [0.1, 0.15) is 17.5 Å². The van der Waals surface area contributed by atoms with E-state index in [0.29, 0.717) is 0 Å². The minimum atomic E-state index is 0.123. The molecule has 0 aromatic heterocycles. The lowest BCUT2D eigenvalue weighted by atomic mass is 10.1. The average molecular weight is 223 g/mol. The summed E-state index contributed by atoms with van der Waals surface area (Å²) in [5.74, 6) is 0.123. The van der Waals surface area contributed by atoms with Gasteiger partial charge in [-0.05, 0) is 24.7 Å². The number of nitrogens with two attached hydrogens (primary N) is 1. The predicted molar refractivity (Wildman–Crippen MR) is 68.4 cm³/mol. The molecule has 0 heterocycles. The number of nitrogen functional groups attached to an aromatic ring is 1. The maximum absolute atomic E-state index is 7.26. The van der Waals surface area contributed by atoms with Crippen LogP contribution in [0, 0.1) is 5.41 Å². The first kappa shape index (κ1) is 12.2. The molecule has 0 saturated heterocycles. The molecule has 4 N–H and O–H groups in total. The van der Waals surface area contributed by atoms with E-state index < -0.39 is 0 Å². The molecule has 3 nitrogen and oxygen atoms in total. The van der Waals surface area contributed by atoms with Crippen molar-refractivity contribution in [2.24, 2.45) is 5.73 Å². The number of rotatable bonds is 6. The van der Waals surface area contributed by atoms with Crippen LogP contribution in [0.2, 0.25) is 0 Å². The van der Waals surface area contributed by atoms with Crippen LogP contribution in [0.15, 0.2) is 24.3 Å². The lowest BCUT2D eigenvalue weighted by Crippen LogP contribution is -2.15. The number of amidine groups is 1. The van der Waals surface area contributed by atoms with E-state index in [1.165, 1.54) is 12.0 Å². The second kappa shape index (κ2) is 6.54. The van der Waals surface area contributed by atoms with Gasteiger partial charge < -0.3 is 11.1 Å². The molecule has 0 spiro atoms. The Morgan fingerprint density at radius 1 is 1.33 bits per heavy atom. The zero-order valence-electron chi connectivity index (χ0n) is 8.79. The smallest absolute Gasteiger partial charge is 0.122 e. The van der Waals surface area contributed by atoms with Gasteiger partial charge in [0.1, 0.15) is 5.84 Å². The summed E-state index contributed by atoms with van der Waals surface area (Å²) in [5.41, 5.74) is 7.38. The summed E-state index contributed by atoms with van der Waals surface area (Å²) >= 11 is 0. The molecule has 0 saturated carbocycles. The molecule has 15 heavy (non-hydrogen) atoms. The summed E-state index contributed by atoms with van der Waals surface area (Å²) in [6.07, 6.45) is 2.31. The van der Waals surface area contributed by atoms with Crippen LogP contribution >= 0.6 is 9.24 Å². The highest BCUT2D eigenvalue weighted by Gasteiger charge is 1.96. The molecular formula is C11H18N3P.